The molecule has 0 saturated heterocycles. The fourth-order valence-corrected chi connectivity index (χ4v) is 11.4. The summed E-state index contributed by atoms with van der Waals surface area (Å²) in [5.74, 6) is 2.62. The molecule has 2 heteroatoms. The number of aliphatic hydroxyl groups is 2. The van der Waals surface area contributed by atoms with Crippen LogP contribution in [0.25, 0.3) is 0 Å². The van der Waals surface area contributed by atoms with Gasteiger partial charge in [0.05, 0.1) is 6.10 Å². The van der Waals surface area contributed by atoms with E-state index in [4.69, 9.17) is 0 Å². The molecule has 2 nitrogen and oxygen atoms in total. The van der Waals surface area contributed by atoms with Gasteiger partial charge in [-0.05, 0) is 127 Å². The Kier molecular flexibility index (Phi) is 5.17. The Morgan fingerprint density at radius 1 is 0.656 bits per heavy atom. The molecule has 32 heavy (non-hydrogen) atoms. The monoisotopic (exact) mass is 444 g/mol. The fraction of sp³-hybridized carbons (Fsp3) is 1.00. The maximum atomic E-state index is 10.8. The van der Waals surface area contributed by atoms with Crippen molar-refractivity contribution in [2.45, 2.75) is 125 Å². The van der Waals surface area contributed by atoms with E-state index in [0.29, 0.717) is 45.5 Å². The van der Waals surface area contributed by atoms with Gasteiger partial charge in [0.2, 0.25) is 0 Å². The molecule has 0 aromatic rings. The van der Waals surface area contributed by atoms with Crippen LogP contribution in [-0.2, 0) is 0 Å². The molecule has 2 N–H and O–H groups in total. The summed E-state index contributed by atoms with van der Waals surface area (Å²) in [7, 11) is 0. The van der Waals surface area contributed by atoms with Gasteiger partial charge in [0.25, 0.3) is 0 Å². The lowest BCUT2D eigenvalue weighted by molar-refractivity contribution is -0.269. The predicted molar refractivity (Wildman–Crippen MR) is 132 cm³/mol. The molecule has 0 spiro atoms. The Labute approximate surface area is 198 Å². The van der Waals surface area contributed by atoms with E-state index >= 15 is 0 Å². The van der Waals surface area contributed by atoms with Gasteiger partial charge in [-0.2, -0.15) is 0 Å². The summed E-state index contributed by atoms with van der Waals surface area (Å²) in [5, 5.41) is 21.5. The summed E-state index contributed by atoms with van der Waals surface area (Å²) in [6.45, 7) is 18.3. The van der Waals surface area contributed by atoms with Crippen molar-refractivity contribution in [2.24, 2.45) is 56.2 Å². The van der Waals surface area contributed by atoms with Crippen LogP contribution in [0.15, 0.2) is 0 Å². The molecule has 5 saturated carbocycles. The topological polar surface area (TPSA) is 40.5 Å². The van der Waals surface area contributed by atoms with E-state index in [9.17, 15) is 10.2 Å². The molecule has 10 atom stereocenters. The molecule has 0 aromatic carbocycles. The number of fused-ring (bicyclic) bond motifs is 7. The van der Waals surface area contributed by atoms with Gasteiger partial charge in [-0.25, -0.2) is 0 Å². The molecule has 0 aliphatic heterocycles. The Hall–Kier alpha value is -0.0800. The third-order valence-electron chi connectivity index (χ3n) is 14.0. The van der Waals surface area contributed by atoms with E-state index in [1.165, 1.54) is 64.2 Å². The fourth-order valence-electron chi connectivity index (χ4n) is 11.4. The first-order chi connectivity index (χ1) is 14.8. The summed E-state index contributed by atoms with van der Waals surface area (Å²) >= 11 is 0. The van der Waals surface area contributed by atoms with Crippen molar-refractivity contribution in [1.82, 2.24) is 0 Å². The van der Waals surface area contributed by atoms with Crippen LogP contribution in [0.3, 0.4) is 0 Å². The van der Waals surface area contributed by atoms with E-state index in [0.717, 1.165) is 18.3 Å². The molecule has 0 amide bonds. The van der Waals surface area contributed by atoms with E-state index in [-0.39, 0.29) is 11.5 Å². The Bertz CT molecular complexity index is 760. The molecule has 0 unspecified atom stereocenters. The van der Waals surface area contributed by atoms with Crippen LogP contribution in [-0.4, -0.2) is 22.9 Å². The minimum absolute atomic E-state index is 0.106. The molecule has 5 rings (SSSR count). The van der Waals surface area contributed by atoms with E-state index in [1.54, 1.807) is 0 Å². The summed E-state index contributed by atoms with van der Waals surface area (Å²) in [6, 6.07) is 0. The summed E-state index contributed by atoms with van der Waals surface area (Å²) < 4.78 is 0. The lowest BCUT2D eigenvalue weighted by Gasteiger charge is -2.75. The summed E-state index contributed by atoms with van der Waals surface area (Å²) in [4.78, 5) is 0. The Morgan fingerprint density at radius 2 is 1.28 bits per heavy atom. The SMILES string of the molecule is C[C@H]1[C@@H](O)CC[C@@H]2[C@]3(C)CC[C@@]4(C)[C@@H]5CC(C)(C)CC[C@]5(CO)CC[C@]4(C)[C@H]3CC[C@]21C. The molecule has 0 radical (unpaired) electrons. The number of rotatable bonds is 1. The predicted octanol–water partition coefficient (Wildman–Crippen LogP) is 7.22. The molecule has 0 bridgehead atoms. The third kappa shape index (κ3) is 2.78. The van der Waals surface area contributed by atoms with Crippen LogP contribution in [0.4, 0.5) is 0 Å². The van der Waals surface area contributed by atoms with Crippen molar-refractivity contribution in [1.29, 1.82) is 0 Å². The van der Waals surface area contributed by atoms with Gasteiger partial charge in [0, 0.05) is 6.61 Å². The van der Waals surface area contributed by atoms with Gasteiger partial charge < -0.3 is 10.2 Å². The summed E-state index contributed by atoms with van der Waals surface area (Å²) in [5.41, 5.74) is 1.98. The first-order valence-electron chi connectivity index (χ1n) is 14.1. The Balaban J connectivity index is 1.55. The highest BCUT2D eigenvalue weighted by molar-refractivity contribution is 5.20. The van der Waals surface area contributed by atoms with Crippen molar-refractivity contribution in [3.63, 3.8) is 0 Å². The van der Waals surface area contributed by atoms with E-state index < -0.39 is 0 Å². The van der Waals surface area contributed by atoms with Gasteiger partial charge in [-0.15, -0.1) is 0 Å². The third-order valence-corrected chi connectivity index (χ3v) is 14.0. The van der Waals surface area contributed by atoms with Crippen molar-refractivity contribution in [2.75, 3.05) is 6.61 Å². The van der Waals surface area contributed by atoms with Crippen LogP contribution in [0.5, 0.6) is 0 Å². The molecular weight excluding hydrogens is 392 g/mol. The molecule has 5 fully saturated rings. The van der Waals surface area contributed by atoms with Crippen LogP contribution >= 0.6 is 0 Å². The highest BCUT2D eigenvalue weighted by Crippen LogP contribution is 2.78. The zero-order chi connectivity index (χ0) is 23.4. The maximum Gasteiger partial charge on any atom is 0.0571 e. The molecule has 184 valence electrons. The van der Waals surface area contributed by atoms with Crippen LogP contribution in [0.2, 0.25) is 0 Å². The van der Waals surface area contributed by atoms with Crippen molar-refractivity contribution in [3.8, 4) is 0 Å². The minimum Gasteiger partial charge on any atom is -0.396 e. The first-order valence-corrected chi connectivity index (χ1v) is 14.1. The highest BCUT2D eigenvalue weighted by atomic mass is 16.3. The smallest absolute Gasteiger partial charge is 0.0571 e. The zero-order valence-corrected chi connectivity index (χ0v) is 22.3. The van der Waals surface area contributed by atoms with E-state index in [2.05, 4.69) is 48.5 Å². The lowest BCUT2D eigenvalue weighted by atomic mass is 9.30. The number of hydrogen-bond donors (Lipinski definition) is 2. The maximum absolute atomic E-state index is 10.8. The minimum atomic E-state index is -0.106. The zero-order valence-electron chi connectivity index (χ0n) is 22.3. The molecule has 5 aliphatic rings. The lowest BCUT2D eigenvalue weighted by Crippen LogP contribution is -2.68. The average molecular weight is 445 g/mol. The molecule has 0 aromatic heterocycles. The van der Waals surface area contributed by atoms with Crippen LogP contribution < -0.4 is 0 Å². The van der Waals surface area contributed by atoms with Crippen molar-refractivity contribution >= 4 is 0 Å². The largest absolute Gasteiger partial charge is 0.396 e. The average Bonchev–Trinajstić information content (AvgIpc) is 2.73. The van der Waals surface area contributed by atoms with Crippen molar-refractivity contribution in [3.05, 3.63) is 0 Å². The molecular formula is C30H52O2. The van der Waals surface area contributed by atoms with Gasteiger partial charge >= 0.3 is 0 Å². The second kappa shape index (κ2) is 6.99. The van der Waals surface area contributed by atoms with E-state index in [1.807, 2.05) is 0 Å². The number of aliphatic hydroxyl groups excluding tert-OH is 2. The van der Waals surface area contributed by atoms with Crippen LogP contribution in [0, 0.1) is 56.2 Å². The molecule has 5 aliphatic carbocycles. The van der Waals surface area contributed by atoms with Gasteiger partial charge in [-0.1, -0.05) is 48.5 Å². The number of hydrogen-bond acceptors (Lipinski definition) is 2. The second-order valence-electron chi connectivity index (χ2n) is 15.4. The van der Waals surface area contributed by atoms with Gasteiger partial charge in [-0.3, -0.25) is 0 Å². The standard InChI is InChI=1S/C30H52O2/c1-20-21(32)8-9-22-26(20,4)11-10-23-27(22,5)13-14-29(7)24-18-25(2,3)12-16-30(24,19-31)17-15-28(23,29)6/h20-24,31-32H,8-19H2,1-7H3/t20-,21-,22-,23-,24-,26-,27-,28+,29-,30+/m0/s1. The summed E-state index contributed by atoms with van der Waals surface area (Å²) in [6.07, 6.45) is 13.8. The quantitative estimate of drug-likeness (QED) is 0.448. The normalized spacial score (nSPS) is 59.3. The Morgan fingerprint density at radius 3 is 1.97 bits per heavy atom. The van der Waals surface area contributed by atoms with Gasteiger partial charge in [0.15, 0.2) is 0 Å². The molecule has 0 heterocycles. The van der Waals surface area contributed by atoms with Crippen molar-refractivity contribution < 1.29 is 10.2 Å². The van der Waals surface area contributed by atoms with Crippen LogP contribution in [0.1, 0.15) is 119 Å². The first kappa shape index (κ1) is 23.7. The van der Waals surface area contributed by atoms with Gasteiger partial charge in [0.1, 0.15) is 0 Å². The second-order valence-corrected chi connectivity index (χ2v) is 15.4. The highest BCUT2D eigenvalue weighted by Gasteiger charge is 2.71.